The summed E-state index contributed by atoms with van der Waals surface area (Å²) in [4.78, 5) is 0. The quantitative estimate of drug-likeness (QED) is 0.672. The van der Waals surface area contributed by atoms with Crippen molar-refractivity contribution in [2.75, 3.05) is 13.2 Å². The monoisotopic (exact) mass is 382 g/mol. The molecule has 1 heterocycles. The molecule has 1 unspecified atom stereocenters. The van der Waals surface area contributed by atoms with Crippen molar-refractivity contribution in [2.24, 2.45) is 0 Å². The molecule has 0 amide bonds. The van der Waals surface area contributed by atoms with E-state index < -0.39 is 0 Å². The Labute approximate surface area is 162 Å². The number of aliphatic hydroxyl groups is 1. The highest BCUT2D eigenvalue weighted by Crippen LogP contribution is 2.40. The number of hydrogen-bond donors (Lipinski definition) is 1. The van der Waals surface area contributed by atoms with E-state index >= 15 is 0 Å². The number of hydrogen-bond acceptors (Lipinski definition) is 6. The van der Waals surface area contributed by atoms with Gasteiger partial charge in [0.25, 0.3) is 0 Å². The summed E-state index contributed by atoms with van der Waals surface area (Å²) in [7, 11) is 0. The van der Waals surface area contributed by atoms with Crippen LogP contribution in [-0.2, 0) is 6.42 Å². The van der Waals surface area contributed by atoms with Gasteiger partial charge in [-0.15, -0.1) is 10.2 Å². The van der Waals surface area contributed by atoms with Gasteiger partial charge in [0.05, 0.1) is 19.3 Å². The summed E-state index contributed by atoms with van der Waals surface area (Å²) in [6.45, 7) is 5.07. The lowest BCUT2D eigenvalue weighted by atomic mass is 10.0. The number of rotatable bonds is 6. The third-order valence-electron chi connectivity index (χ3n) is 4.68. The second-order valence-corrected chi connectivity index (χ2v) is 7.35. The van der Waals surface area contributed by atoms with Gasteiger partial charge < -0.3 is 14.6 Å². The highest BCUT2D eigenvalue weighted by Gasteiger charge is 2.24. The summed E-state index contributed by atoms with van der Waals surface area (Å²) >= 11 is 1.55. The lowest BCUT2D eigenvalue weighted by Gasteiger charge is -2.11. The highest BCUT2D eigenvalue weighted by atomic mass is 32.1. The van der Waals surface area contributed by atoms with Gasteiger partial charge >= 0.3 is 0 Å². The maximum atomic E-state index is 10.1. The Morgan fingerprint density at radius 2 is 1.81 bits per heavy atom. The SMILES string of the molecule is CCOc1ccc(-c2nnc(-c3cccc4c3CCC4O)s2)cc1OCC. The summed E-state index contributed by atoms with van der Waals surface area (Å²) in [6, 6.07) is 11.9. The second kappa shape index (κ2) is 7.66. The Morgan fingerprint density at radius 3 is 2.63 bits per heavy atom. The molecule has 0 saturated carbocycles. The van der Waals surface area contributed by atoms with Crippen LogP contribution in [0, 0.1) is 0 Å². The fourth-order valence-electron chi connectivity index (χ4n) is 3.47. The Balaban J connectivity index is 1.69. The predicted octanol–water partition coefficient (Wildman–Crippen LogP) is 4.65. The van der Waals surface area contributed by atoms with Crippen molar-refractivity contribution in [3.05, 3.63) is 47.5 Å². The molecule has 0 radical (unpaired) electrons. The number of fused-ring (bicyclic) bond motifs is 1. The first-order chi connectivity index (χ1) is 13.2. The minimum absolute atomic E-state index is 0.368. The molecule has 5 nitrogen and oxygen atoms in total. The minimum atomic E-state index is -0.368. The van der Waals surface area contributed by atoms with E-state index in [4.69, 9.17) is 9.47 Å². The van der Waals surface area contributed by atoms with Crippen LogP contribution in [0.25, 0.3) is 21.1 Å². The fraction of sp³-hybridized carbons (Fsp3) is 0.333. The van der Waals surface area contributed by atoms with Gasteiger partial charge in [0, 0.05) is 11.1 Å². The minimum Gasteiger partial charge on any atom is -0.490 e. The first-order valence-corrected chi connectivity index (χ1v) is 10.1. The summed E-state index contributed by atoms with van der Waals surface area (Å²) in [5.41, 5.74) is 4.24. The Bertz CT molecular complexity index is 954. The number of nitrogens with zero attached hydrogens (tertiary/aromatic N) is 2. The molecule has 0 spiro atoms. The zero-order valence-corrected chi connectivity index (χ0v) is 16.3. The van der Waals surface area contributed by atoms with Crippen LogP contribution in [-0.4, -0.2) is 28.5 Å². The van der Waals surface area contributed by atoms with E-state index in [0.717, 1.165) is 51.0 Å². The van der Waals surface area contributed by atoms with Gasteiger partial charge in [0.15, 0.2) is 11.5 Å². The molecule has 1 atom stereocenters. The molecule has 1 aliphatic carbocycles. The molecular weight excluding hydrogens is 360 g/mol. The molecule has 0 fully saturated rings. The van der Waals surface area contributed by atoms with Crippen LogP contribution in [0.5, 0.6) is 11.5 Å². The van der Waals surface area contributed by atoms with Crippen molar-refractivity contribution in [1.82, 2.24) is 10.2 Å². The smallest absolute Gasteiger partial charge is 0.161 e. The zero-order valence-electron chi connectivity index (χ0n) is 15.4. The summed E-state index contributed by atoms with van der Waals surface area (Å²) in [5, 5.41) is 20.7. The summed E-state index contributed by atoms with van der Waals surface area (Å²) < 4.78 is 11.4. The van der Waals surface area contributed by atoms with Gasteiger partial charge in [0.1, 0.15) is 10.0 Å². The third kappa shape index (κ3) is 3.42. The Hall–Kier alpha value is -2.44. The molecule has 1 aromatic heterocycles. The van der Waals surface area contributed by atoms with Crippen molar-refractivity contribution in [2.45, 2.75) is 32.8 Å². The van der Waals surface area contributed by atoms with Gasteiger partial charge in [-0.2, -0.15) is 0 Å². The standard InChI is InChI=1S/C21H22N2O3S/c1-3-25-18-11-8-13(12-19(18)26-4-2)20-22-23-21(27-20)16-7-5-6-15-14(16)9-10-17(15)24/h5-8,11-12,17,24H,3-4,9-10H2,1-2H3. The van der Waals surface area contributed by atoms with Gasteiger partial charge in [-0.1, -0.05) is 29.5 Å². The van der Waals surface area contributed by atoms with Crippen LogP contribution in [0.1, 0.15) is 37.5 Å². The van der Waals surface area contributed by atoms with E-state index in [1.54, 1.807) is 11.3 Å². The summed E-state index contributed by atoms with van der Waals surface area (Å²) in [5.74, 6) is 1.46. The van der Waals surface area contributed by atoms with Crippen LogP contribution in [0.15, 0.2) is 36.4 Å². The summed E-state index contributed by atoms with van der Waals surface area (Å²) in [6.07, 6.45) is 1.28. The van der Waals surface area contributed by atoms with Gasteiger partial charge in [-0.25, -0.2) is 0 Å². The van der Waals surface area contributed by atoms with E-state index in [2.05, 4.69) is 16.3 Å². The molecule has 0 aliphatic heterocycles. The van der Waals surface area contributed by atoms with E-state index in [1.165, 1.54) is 5.56 Å². The maximum absolute atomic E-state index is 10.1. The lowest BCUT2D eigenvalue weighted by molar-refractivity contribution is 0.180. The van der Waals surface area contributed by atoms with E-state index in [0.29, 0.717) is 13.2 Å². The van der Waals surface area contributed by atoms with Crippen molar-refractivity contribution in [1.29, 1.82) is 0 Å². The Morgan fingerprint density at radius 1 is 1.04 bits per heavy atom. The molecule has 27 heavy (non-hydrogen) atoms. The highest BCUT2D eigenvalue weighted by molar-refractivity contribution is 7.17. The van der Waals surface area contributed by atoms with Gasteiger partial charge in [0.2, 0.25) is 0 Å². The molecule has 1 aliphatic rings. The molecule has 0 bridgehead atoms. The number of aromatic nitrogens is 2. The van der Waals surface area contributed by atoms with Crippen LogP contribution >= 0.6 is 11.3 Å². The molecule has 1 N–H and O–H groups in total. The second-order valence-electron chi connectivity index (χ2n) is 6.37. The van der Waals surface area contributed by atoms with Gasteiger partial charge in [-0.3, -0.25) is 0 Å². The van der Waals surface area contributed by atoms with Gasteiger partial charge in [-0.05, 0) is 56.0 Å². The number of ether oxygens (including phenoxy) is 2. The van der Waals surface area contributed by atoms with Crippen LogP contribution < -0.4 is 9.47 Å². The topological polar surface area (TPSA) is 64.5 Å². The van der Waals surface area contributed by atoms with Crippen LogP contribution in [0.4, 0.5) is 0 Å². The largest absolute Gasteiger partial charge is 0.490 e. The van der Waals surface area contributed by atoms with Crippen molar-refractivity contribution < 1.29 is 14.6 Å². The third-order valence-corrected chi connectivity index (χ3v) is 5.69. The number of benzene rings is 2. The predicted molar refractivity (Wildman–Crippen MR) is 106 cm³/mol. The number of aliphatic hydroxyl groups excluding tert-OH is 1. The normalized spacial score (nSPS) is 15.6. The fourth-order valence-corrected chi connectivity index (χ4v) is 4.36. The van der Waals surface area contributed by atoms with E-state index in [9.17, 15) is 5.11 Å². The molecule has 3 aromatic rings. The van der Waals surface area contributed by atoms with Crippen molar-refractivity contribution >= 4 is 11.3 Å². The maximum Gasteiger partial charge on any atom is 0.161 e. The van der Waals surface area contributed by atoms with Crippen LogP contribution in [0.2, 0.25) is 0 Å². The van der Waals surface area contributed by atoms with Crippen molar-refractivity contribution in [3.63, 3.8) is 0 Å². The van der Waals surface area contributed by atoms with E-state index in [-0.39, 0.29) is 6.10 Å². The van der Waals surface area contributed by atoms with Crippen LogP contribution in [0.3, 0.4) is 0 Å². The molecule has 140 valence electrons. The molecular formula is C21H22N2O3S. The Kier molecular flexibility index (Phi) is 5.09. The molecule has 0 saturated heterocycles. The lowest BCUT2D eigenvalue weighted by Crippen LogP contribution is -1.98. The molecule has 4 rings (SSSR count). The average molecular weight is 382 g/mol. The van der Waals surface area contributed by atoms with E-state index in [1.807, 2.05) is 44.2 Å². The molecule has 6 heteroatoms. The zero-order chi connectivity index (χ0) is 18.8. The first kappa shape index (κ1) is 17.9. The average Bonchev–Trinajstić information content (AvgIpc) is 3.31. The molecule has 2 aromatic carbocycles. The van der Waals surface area contributed by atoms with Crippen molar-refractivity contribution in [3.8, 4) is 32.6 Å². The first-order valence-electron chi connectivity index (χ1n) is 9.25.